The highest BCUT2D eigenvalue weighted by Gasteiger charge is 2.16. The number of hydrogen-bond donors (Lipinski definition) is 4. The zero-order valence-corrected chi connectivity index (χ0v) is 20.8. The average Bonchev–Trinajstić information content (AvgIpc) is 3.29. The van der Waals surface area contributed by atoms with Crippen molar-refractivity contribution in [1.29, 1.82) is 0 Å². The number of aliphatic carboxylic acids is 1. The van der Waals surface area contributed by atoms with Crippen LogP contribution in [0.1, 0.15) is 97.3 Å². The second-order valence-electron chi connectivity index (χ2n) is 8.99. The van der Waals surface area contributed by atoms with Crippen molar-refractivity contribution in [2.75, 3.05) is 6.54 Å². The van der Waals surface area contributed by atoms with E-state index in [0.717, 1.165) is 18.7 Å². The van der Waals surface area contributed by atoms with E-state index in [-0.39, 0.29) is 18.5 Å². The van der Waals surface area contributed by atoms with Gasteiger partial charge in [-0.25, -0.2) is 9.79 Å². The minimum absolute atomic E-state index is 0.0505. The molecule has 7 nitrogen and oxygen atoms in total. The molecule has 1 aromatic rings. The molecule has 7 heteroatoms. The monoisotopic (exact) mass is 460 g/mol. The number of aliphatic imine (C=N–C) groups is 1. The van der Waals surface area contributed by atoms with Gasteiger partial charge in [-0.1, -0.05) is 109 Å². The molecule has 0 spiro atoms. The molecule has 0 saturated heterocycles. The van der Waals surface area contributed by atoms with E-state index in [9.17, 15) is 9.90 Å². The van der Waals surface area contributed by atoms with Crippen molar-refractivity contribution in [3.63, 3.8) is 0 Å². The SMILES string of the molecule is CCCCCCCC[C@H](CCCCC)CC[C@@H]([N-]c1ccc[nH]1)/C(=C/C(=O)O)CN=C(N)N. The Morgan fingerprint density at radius 1 is 1.03 bits per heavy atom. The molecule has 0 amide bonds. The second-order valence-corrected chi connectivity index (χ2v) is 8.99. The predicted octanol–water partition coefficient (Wildman–Crippen LogP) is 6.40. The third kappa shape index (κ3) is 14.3. The van der Waals surface area contributed by atoms with E-state index in [0.29, 0.717) is 11.5 Å². The Morgan fingerprint density at radius 2 is 1.67 bits per heavy atom. The van der Waals surface area contributed by atoms with Gasteiger partial charge in [0.15, 0.2) is 5.96 Å². The van der Waals surface area contributed by atoms with Gasteiger partial charge in [0.05, 0.1) is 6.54 Å². The molecule has 0 bridgehead atoms. The van der Waals surface area contributed by atoms with Gasteiger partial charge in [-0.05, 0) is 30.4 Å². The predicted molar refractivity (Wildman–Crippen MR) is 139 cm³/mol. The first-order chi connectivity index (χ1) is 16.0. The molecule has 0 aliphatic rings. The summed E-state index contributed by atoms with van der Waals surface area (Å²) in [4.78, 5) is 18.7. The summed E-state index contributed by atoms with van der Waals surface area (Å²) in [5.41, 5.74) is 11.6. The molecule has 0 saturated carbocycles. The zero-order chi connectivity index (χ0) is 24.3. The Kier molecular flexibility index (Phi) is 15.6. The van der Waals surface area contributed by atoms with E-state index in [4.69, 9.17) is 16.8 Å². The van der Waals surface area contributed by atoms with Crippen LogP contribution in [0.2, 0.25) is 0 Å². The summed E-state index contributed by atoms with van der Waals surface area (Å²) in [6.07, 6.45) is 18.9. The minimum Gasteiger partial charge on any atom is -0.478 e. The van der Waals surface area contributed by atoms with Gasteiger partial charge in [0, 0.05) is 6.08 Å². The molecule has 1 aromatic heterocycles. The number of nitrogens with one attached hydrogen (secondary N) is 1. The summed E-state index contributed by atoms with van der Waals surface area (Å²) in [6, 6.07) is 3.50. The number of unbranched alkanes of at least 4 members (excludes halogenated alkanes) is 7. The normalized spacial score (nSPS) is 13.5. The molecule has 0 aromatic carbocycles. The molecule has 2 atom stereocenters. The van der Waals surface area contributed by atoms with Crippen LogP contribution in [-0.4, -0.2) is 34.6 Å². The van der Waals surface area contributed by atoms with E-state index < -0.39 is 5.97 Å². The zero-order valence-electron chi connectivity index (χ0n) is 20.8. The second kappa shape index (κ2) is 18.0. The van der Waals surface area contributed by atoms with Crippen LogP contribution in [0.3, 0.4) is 0 Å². The summed E-state index contributed by atoms with van der Waals surface area (Å²) >= 11 is 0. The van der Waals surface area contributed by atoms with E-state index in [2.05, 4.69) is 23.8 Å². The number of carboxylic acid groups (broad SMARTS) is 1. The largest absolute Gasteiger partial charge is 0.478 e. The van der Waals surface area contributed by atoms with E-state index >= 15 is 0 Å². The first kappa shape index (κ1) is 28.6. The van der Waals surface area contributed by atoms with Crippen molar-refractivity contribution in [2.24, 2.45) is 22.4 Å². The lowest BCUT2D eigenvalue weighted by Gasteiger charge is -2.29. The number of aromatic amines is 1. The number of nitrogens with zero attached hydrogens (tertiary/aromatic N) is 2. The lowest BCUT2D eigenvalue weighted by atomic mass is 9.88. The molecule has 188 valence electrons. The van der Waals surface area contributed by atoms with Gasteiger partial charge in [0.25, 0.3) is 0 Å². The van der Waals surface area contributed by atoms with Crippen molar-refractivity contribution in [2.45, 2.75) is 103 Å². The third-order valence-electron chi connectivity index (χ3n) is 6.09. The Hall–Kier alpha value is -2.44. The van der Waals surface area contributed by atoms with Gasteiger partial charge in [0.1, 0.15) is 0 Å². The number of carbonyl (C=O) groups is 1. The average molecular weight is 461 g/mol. The van der Waals surface area contributed by atoms with Crippen molar-refractivity contribution in [1.82, 2.24) is 4.98 Å². The molecule has 33 heavy (non-hydrogen) atoms. The van der Waals surface area contributed by atoms with Gasteiger partial charge < -0.3 is 26.9 Å². The highest BCUT2D eigenvalue weighted by Crippen LogP contribution is 2.31. The number of carboxylic acids is 1. The number of H-pyrrole nitrogens is 1. The first-order valence-corrected chi connectivity index (χ1v) is 12.8. The standard InChI is InChI=1S/C26H46N5O2/c1-3-5-7-8-9-11-14-21(13-10-6-4-2)16-17-23(31-24-15-12-18-29-24)22(19-25(32)33)20-30-26(27)28/h12,15,18-19,21,23,29H,3-11,13-14,16-17,20H2,1-2H3,(H,32,33)(H4,27,28,30)/q-1/b22-19+/t21-,23+/m0/s1. The molecular formula is C26H46N5O2-. The highest BCUT2D eigenvalue weighted by molar-refractivity contribution is 5.81. The Labute approximate surface area is 200 Å². The third-order valence-corrected chi connectivity index (χ3v) is 6.09. The molecule has 0 aliphatic heterocycles. The molecule has 1 heterocycles. The first-order valence-electron chi connectivity index (χ1n) is 12.8. The summed E-state index contributed by atoms with van der Waals surface area (Å²) in [7, 11) is 0. The van der Waals surface area contributed by atoms with E-state index in [1.807, 2.05) is 18.3 Å². The van der Waals surface area contributed by atoms with E-state index in [1.54, 1.807) is 0 Å². The van der Waals surface area contributed by atoms with Gasteiger partial charge in [-0.2, -0.15) is 0 Å². The van der Waals surface area contributed by atoms with Crippen LogP contribution in [0.5, 0.6) is 0 Å². The Bertz CT molecular complexity index is 681. The van der Waals surface area contributed by atoms with Crippen LogP contribution >= 0.6 is 0 Å². The fraction of sp³-hybridized carbons (Fsp3) is 0.692. The van der Waals surface area contributed by atoms with Crippen molar-refractivity contribution in [3.8, 4) is 0 Å². The maximum atomic E-state index is 11.5. The van der Waals surface area contributed by atoms with Crippen LogP contribution < -0.4 is 11.5 Å². The Morgan fingerprint density at radius 3 is 2.27 bits per heavy atom. The van der Waals surface area contributed by atoms with Gasteiger partial charge in [-0.3, -0.25) is 0 Å². The number of guanidine groups is 1. The van der Waals surface area contributed by atoms with Gasteiger partial charge >= 0.3 is 5.97 Å². The maximum absolute atomic E-state index is 11.5. The molecule has 0 aliphatic carbocycles. The van der Waals surface area contributed by atoms with Gasteiger partial charge in [0.2, 0.25) is 0 Å². The van der Waals surface area contributed by atoms with Crippen LogP contribution in [0, 0.1) is 5.92 Å². The summed E-state index contributed by atoms with van der Waals surface area (Å²) in [5.74, 6) is 0.317. The lowest BCUT2D eigenvalue weighted by molar-refractivity contribution is -0.131. The number of hydrogen-bond acceptors (Lipinski definition) is 2. The van der Waals surface area contributed by atoms with Crippen molar-refractivity contribution >= 4 is 17.7 Å². The molecule has 1 rings (SSSR count). The van der Waals surface area contributed by atoms with Crippen LogP contribution in [0.4, 0.5) is 5.82 Å². The fourth-order valence-electron chi connectivity index (χ4n) is 4.21. The summed E-state index contributed by atoms with van der Waals surface area (Å²) in [5, 5.41) is 14.2. The molecule has 0 radical (unpaired) electrons. The summed E-state index contributed by atoms with van der Waals surface area (Å²) < 4.78 is 0. The number of nitrogens with two attached hydrogens (primary N) is 2. The van der Waals surface area contributed by atoms with Crippen LogP contribution in [-0.2, 0) is 4.79 Å². The minimum atomic E-state index is -1.01. The van der Waals surface area contributed by atoms with Crippen LogP contribution in [0.15, 0.2) is 35.0 Å². The molecular weight excluding hydrogens is 414 g/mol. The summed E-state index contributed by atoms with van der Waals surface area (Å²) in [6.45, 7) is 4.63. The molecule has 0 unspecified atom stereocenters. The van der Waals surface area contributed by atoms with Crippen molar-refractivity contribution < 1.29 is 9.90 Å². The highest BCUT2D eigenvalue weighted by atomic mass is 16.4. The topological polar surface area (TPSA) is 132 Å². The quantitative estimate of drug-likeness (QED) is 0.0775. The van der Waals surface area contributed by atoms with Gasteiger partial charge in [-0.15, -0.1) is 0 Å². The lowest BCUT2D eigenvalue weighted by Crippen LogP contribution is -2.24. The van der Waals surface area contributed by atoms with Crippen molar-refractivity contribution in [3.05, 3.63) is 35.3 Å². The molecule has 0 fully saturated rings. The maximum Gasteiger partial charge on any atom is 0.328 e. The van der Waals surface area contributed by atoms with Crippen LogP contribution in [0.25, 0.3) is 5.32 Å². The number of rotatable bonds is 20. The Balaban J connectivity index is 2.83. The molecule has 6 N–H and O–H groups in total. The van der Waals surface area contributed by atoms with E-state index in [1.165, 1.54) is 76.7 Å². The smallest absolute Gasteiger partial charge is 0.328 e. The number of aromatic nitrogens is 1. The fourth-order valence-corrected chi connectivity index (χ4v) is 4.21.